The first kappa shape index (κ1) is 13.8. The third-order valence-electron chi connectivity index (χ3n) is 1.73. The van der Waals surface area contributed by atoms with Gasteiger partial charge in [0.05, 0.1) is 13.2 Å². The Morgan fingerprint density at radius 2 is 1.57 bits per heavy atom. The molecule has 82 valence electrons. The lowest BCUT2D eigenvalue weighted by Gasteiger charge is -2.25. The van der Waals surface area contributed by atoms with E-state index in [1.807, 2.05) is 27.7 Å². The zero-order valence-corrected chi connectivity index (χ0v) is 10.9. The highest BCUT2D eigenvalue weighted by atomic mass is 32.1. The second kappa shape index (κ2) is 6.30. The van der Waals surface area contributed by atoms with Gasteiger partial charge in [0.15, 0.2) is 10.1 Å². The fourth-order valence-electron chi connectivity index (χ4n) is 0.770. The predicted octanol–water partition coefficient (Wildman–Crippen LogP) is 3.13. The SMILES string of the molecule is CCCOC(=S)C(C)(C)C(=S)OCC. The highest BCUT2D eigenvalue weighted by Gasteiger charge is 2.31. The van der Waals surface area contributed by atoms with E-state index in [0.717, 1.165) is 6.42 Å². The molecule has 0 amide bonds. The minimum atomic E-state index is -0.462. The third kappa shape index (κ3) is 3.88. The summed E-state index contributed by atoms with van der Waals surface area (Å²) in [5.41, 5.74) is -0.462. The number of hydrogen-bond donors (Lipinski definition) is 0. The molecule has 14 heavy (non-hydrogen) atoms. The van der Waals surface area contributed by atoms with E-state index in [-0.39, 0.29) is 0 Å². The molecule has 0 heterocycles. The molecule has 0 radical (unpaired) electrons. The van der Waals surface area contributed by atoms with Gasteiger partial charge in [0.2, 0.25) is 0 Å². The summed E-state index contributed by atoms with van der Waals surface area (Å²) >= 11 is 10.3. The highest BCUT2D eigenvalue weighted by molar-refractivity contribution is 7.82. The molecule has 0 aliphatic heterocycles. The van der Waals surface area contributed by atoms with E-state index in [4.69, 9.17) is 33.9 Å². The zero-order valence-electron chi connectivity index (χ0n) is 9.25. The van der Waals surface area contributed by atoms with Crippen LogP contribution in [0, 0.1) is 5.41 Å². The van der Waals surface area contributed by atoms with Crippen molar-refractivity contribution in [1.29, 1.82) is 0 Å². The highest BCUT2D eigenvalue weighted by Crippen LogP contribution is 2.22. The summed E-state index contributed by atoms with van der Waals surface area (Å²) in [4.78, 5) is 0. The van der Waals surface area contributed by atoms with E-state index >= 15 is 0 Å². The first-order valence-corrected chi connectivity index (χ1v) is 5.62. The molecule has 4 heteroatoms. The van der Waals surface area contributed by atoms with Crippen molar-refractivity contribution < 1.29 is 9.47 Å². The Hall–Kier alpha value is -0.220. The van der Waals surface area contributed by atoms with Crippen molar-refractivity contribution in [2.24, 2.45) is 5.41 Å². The van der Waals surface area contributed by atoms with Gasteiger partial charge in [-0.15, -0.1) is 0 Å². The summed E-state index contributed by atoms with van der Waals surface area (Å²) in [6.07, 6.45) is 0.942. The number of thiocarbonyl (C=S) groups is 2. The van der Waals surface area contributed by atoms with Gasteiger partial charge >= 0.3 is 0 Å². The maximum atomic E-state index is 5.39. The Morgan fingerprint density at radius 3 is 2.00 bits per heavy atom. The van der Waals surface area contributed by atoms with Gasteiger partial charge in [-0.25, -0.2) is 0 Å². The Labute approximate surface area is 97.0 Å². The largest absolute Gasteiger partial charge is 0.486 e. The van der Waals surface area contributed by atoms with Crippen LogP contribution in [-0.4, -0.2) is 23.3 Å². The zero-order chi connectivity index (χ0) is 11.2. The molecular weight excluding hydrogens is 216 g/mol. The molecule has 0 unspecified atom stereocenters. The maximum absolute atomic E-state index is 5.39. The fraction of sp³-hybridized carbons (Fsp3) is 0.800. The molecule has 0 saturated heterocycles. The number of ether oxygens (including phenoxy) is 2. The topological polar surface area (TPSA) is 18.5 Å². The van der Waals surface area contributed by atoms with Crippen LogP contribution in [0.4, 0.5) is 0 Å². The van der Waals surface area contributed by atoms with E-state index in [0.29, 0.717) is 23.3 Å². The lowest BCUT2D eigenvalue weighted by atomic mass is 9.96. The van der Waals surface area contributed by atoms with Gasteiger partial charge in [-0.05, 0) is 51.6 Å². The van der Waals surface area contributed by atoms with Crippen LogP contribution in [0.1, 0.15) is 34.1 Å². The second-order valence-electron chi connectivity index (χ2n) is 3.48. The van der Waals surface area contributed by atoms with Gasteiger partial charge in [0.1, 0.15) is 5.41 Å². The molecule has 0 bridgehead atoms. The van der Waals surface area contributed by atoms with Gasteiger partial charge < -0.3 is 9.47 Å². The molecule has 0 N–H and O–H groups in total. The van der Waals surface area contributed by atoms with E-state index in [1.54, 1.807) is 0 Å². The molecule has 0 aromatic heterocycles. The van der Waals surface area contributed by atoms with E-state index < -0.39 is 5.41 Å². The minimum absolute atomic E-state index is 0.462. The van der Waals surface area contributed by atoms with Gasteiger partial charge in [0, 0.05) is 0 Å². The normalized spacial score (nSPS) is 10.9. The van der Waals surface area contributed by atoms with Crippen LogP contribution in [0.2, 0.25) is 0 Å². The van der Waals surface area contributed by atoms with Crippen molar-refractivity contribution in [3.63, 3.8) is 0 Å². The Balaban J connectivity index is 4.28. The van der Waals surface area contributed by atoms with Crippen LogP contribution in [0.15, 0.2) is 0 Å². The molecule has 0 rings (SSSR count). The molecule has 0 aliphatic carbocycles. The third-order valence-corrected chi connectivity index (χ3v) is 2.99. The molecule has 2 nitrogen and oxygen atoms in total. The van der Waals surface area contributed by atoms with Crippen molar-refractivity contribution in [1.82, 2.24) is 0 Å². The summed E-state index contributed by atoms with van der Waals surface area (Å²) in [5.74, 6) is 0. The van der Waals surface area contributed by atoms with Gasteiger partial charge in [-0.2, -0.15) is 0 Å². The average molecular weight is 234 g/mol. The van der Waals surface area contributed by atoms with E-state index in [9.17, 15) is 0 Å². The van der Waals surface area contributed by atoms with Crippen LogP contribution in [0.25, 0.3) is 0 Å². The van der Waals surface area contributed by atoms with Crippen LogP contribution < -0.4 is 0 Å². The van der Waals surface area contributed by atoms with Crippen molar-refractivity contribution in [3.05, 3.63) is 0 Å². The minimum Gasteiger partial charge on any atom is -0.486 e. The molecular formula is C10H18O2S2. The molecule has 0 aromatic rings. The number of rotatable bonds is 5. The van der Waals surface area contributed by atoms with Crippen LogP contribution >= 0.6 is 24.4 Å². The van der Waals surface area contributed by atoms with Gasteiger partial charge in [0.25, 0.3) is 0 Å². The lowest BCUT2D eigenvalue weighted by molar-refractivity contribution is 0.261. The van der Waals surface area contributed by atoms with Crippen molar-refractivity contribution >= 4 is 34.5 Å². The van der Waals surface area contributed by atoms with Crippen molar-refractivity contribution in [2.75, 3.05) is 13.2 Å². The Morgan fingerprint density at radius 1 is 1.07 bits per heavy atom. The predicted molar refractivity (Wildman–Crippen MR) is 66.8 cm³/mol. The molecule has 0 aliphatic rings. The average Bonchev–Trinajstić information content (AvgIpc) is 2.14. The summed E-state index contributed by atoms with van der Waals surface area (Å²) in [5, 5.41) is 1.01. The maximum Gasteiger partial charge on any atom is 0.173 e. The van der Waals surface area contributed by atoms with E-state index in [1.165, 1.54) is 0 Å². The van der Waals surface area contributed by atoms with E-state index in [2.05, 4.69) is 0 Å². The van der Waals surface area contributed by atoms with Gasteiger partial charge in [-0.1, -0.05) is 6.92 Å². The Kier molecular flexibility index (Phi) is 6.20. The first-order valence-electron chi connectivity index (χ1n) is 4.81. The second-order valence-corrected chi connectivity index (χ2v) is 4.22. The standard InChI is InChI=1S/C10H18O2S2/c1-5-7-12-9(14)10(3,4)8(13)11-6-2/h5-7H2,1-4H3. The fourth-order valence-corrected chi connectivity index (χ4v) is 1.22. The summed E-state index contributed by atoms with van der Waals surface area (Å²) < 4.78 is 10.7. The molecule has 0 fully saturated rings. The molecule has 0 saturated carbocycles. The quantitative estimate of drug-likeness (QED) is 0.680. The van der Waals surface area contributed by atoms with Crippen LogP contribution in [-0.2, 0) is 9.47 Å². The van der Waals surface area contributed by atoms with Crippen molar-refractivity contribution in [3.8, 4) is 0 Å². The van der Waals surface area contributed by atoms with Crippen LogP contribution in [0.5, 0.6) is 0 Å². The Bertz CT molecular complexity index is 212. The summed E-state index contributed by atoms with van der Waals surface area (Å²) in [7, 11) is 0. The number of hydrogen-bond acceptors (Lipinski definition) is 4. The monoisotopic (exact) mass is 234 g/mol. The first-order chi connectivity index (χ1) is 6.46. The van der Waals surface area contributed by atoms with Crippen LogP contribution in [0.3, 0.4) is 0 Å². The lowest BCUT2D eigenvalue weighted by Crippen LogP contribution is -2.34. The molecule has 0 atom stereocenters. The summed E-state index contributed by atoms with van der Waals surface area (Å²) in [6, 6.07) is 0. The van der Waals surface area contributed by atoms with Crippen molar-refractivity contribution in [2.45, 2.75) is 34.1 Å². The van der Waals surface area contributed by atoms with Gasteiger partial charge in [-0.3, -0.25) is 0 Å². The summed E-state index contributed by atoms with van der Waals surface area (Å²) in [6.45, 7) is 8.98. The molecule has 0 spiro atoms. The molecule has 0 aromatic carbocycles. The smallest absolute Gasteiger partial charge is 0.173 e.